The van der Waals surface area contributed by atoms with Gasteiger partial charge < -0.3 is 9.84 Å². The third-order valence-corrected chi connectivity index (χ3v) is 5.05. The van der Waals surface area contributed by atoms with E-state index in [0.29, 0.717) is 5.82 Å². The summed E-state index contributed by atoms with van der Waals surface area (Å²) in [5.74, 6) is -0.815. The van der Waals surface area contributed by atoms with E-state index in [2.05, 4.69) is 15.5 Å². The third kappa shape index (κ3) is 5.08. The van der Waals surface area contributed by atoms with Crippen LogP contribution in [-0.2, 0) is 20.4 Å². The summed E-state index contributed by atoms with van der Waals surface area (Å²) in [6, 6.07) is 0.104. The van der Waals surface area contributed by atoms with E-state index in [-0.39, 0.29) is 17.9 Å². The molecule has 1 heterocycles. The molecule has 0 aromatic carbocycles. The minimum atomic E-state index is -3.61. The van der Waals surface area contributed by atoms with E-state index in [0.717, 1.165) is 25.7 Å². The zero-order chi connectivity index (χ0) is 16.2. The van der Waals surface area contributed by atoms with Crippen molar-refractivity contribution in [2.24, 2.45) is 0 Å². The van der Waals surface area contributed by atoms with Crippen LogP contribution in [0.2, 0.25) is 0 Å². The Balaban J connectivity index is 1.87. The summed E-state index contributed by atoms with van der Waals surface area (Å²) in [6.45, 7) is 3.78. The van der Waals surface area contributed by atoms with Crippen molar-refractivity contribution >= 4 is 15.7 Å². The van der Waals surface area contributed by atoms with Crippen LogP contribution in [0, 0.1) is 0 Å². The molecule has 7 nitrogen and oxygen atoms in total. The molecule has 0 atom stereocenters. The van der Waals surface area contributed by atoms with Crippen LogP contribution in [0.15, 0.2) is 4.52 Å². The highest BCUT2D eigenvalue weighted by Gasteiger charge is 2.23. The molecule has 0 aliphatic heterocycles. The lowest BCUT2D eigenvalue weighted by molar-refractivity contribution is -0.119. The fraction of sp³-hybridized carbons (Fsp3) is 0.786. The molecule has 0 unspecified atom stereocenters. The predicted octanol–water partition coefficient (Wildman–Crippen LogP) is 1.56. The summed E-state index contributed by atoms with van der Waals surface area (Å²) >= 11 is 0. The molecule has 2 rings (SSSR count). The average molecular weight is 329 g/mol. The van der Waals surface area contributed by atoms with Crippen LogP contribution in [0.5, 0.6) is 0 Å². The molecule has 1 N–H and O–H groups in total. The number of amides is 1. The standard InChI is InChI=1S/C14H23N3O4S/c1-10(2)14-16-13(21-17-14)9-22(19,20)8-12(18)15-11-6-4-3-5-7-11/h10-11H,3-9H2,1-2H3,(H,15,18). The first kappa shape index (κ1) is 16.9. The van der Waals surface area contributed by atoms with Gasteiger partial charge in [-0.15, -0.1) is 0 Å². The maximum absolute atomic E-state index is 12.0. The Bertz CT molecular complexity index is 603. The van der Waals surface area contributed by atoms with Crippen LogP contribution in [-0.4, -0.2) is 36.3 Å². The Morgan fingerprint density at radius 1 is 1.32 bits per heavy atom. The Morgan fingerprint density at radius 3 is 2.59 bits per heavy atom. The minimum Gasteiger partial charge on any atom is -0.352 e. The molecule has 0 saturated heterocycles. The number of aromatic nitrogens is 2. The molecule has 8 heteroatoms. The first-order valence-corrected chi connectivity index (χ1v) is 9.50. The van der Waals surface area contributed by atoms with Gasteiger partial charge in [0.15, 0.2) is 15.7 Å². The van der Waals surface area contributed by atoms with Crippen molar-refractivity contribution in [1.29, 1.82) is 0 Å². The fourth-order valence-electron chi connectivity index (χ4n) is 2.52. The number of nitrogens with zero attached hydrogens (tertiary/aromatic N) is 2. The van der Waals surface area contributed by atoms with Crippen molar-refractivity contribution in [2.45, 2.75) is 63.7 Å². The number of carbonyl (C=O) groups excluding carboxylic acids is 1. The van der Waals surface area contributed by atoms with Crippen LogP contribution in [0.1, 0.15) is 63.6 Å². The molecule has 1 aliphatic carbocycles. The third-order valence-electron chi connectivity index (χ3n) is 3.66. The Morgan fingerprint density at radius 2 is 2.00 bits per heavy atom. The summed E-state index contributed by atoms with van der Waals surface area (Å²) in [4.78, 5) is 15.9. The van der Waals surface area contributed by atoms with Crippen molar-refractivity contribution in [3.8, 4) is 0 Å². The van der Waals surface area contributed by atoms with Gasteiger partial charge in [0, 0.05) is 12.0 Å². The van der Waals surface area contributed by atoms with E-state index >= 15 is 0 Å². The quantitative estimate of drug-likeness (QED) is 0.849. The van der Waals surface area contributed by atoms with Gasteiger partial charge in [0.25, 0.3) is 0 Å². The van der Waals surface area contributed by atoms with Crippen molar-refractivity contribution < 1.29 is 17.7 Å². The summed E-state index contributed by atoms with van der Waals surface area (Å²) < 4.78 is 29.0. The molecule has 1 aromatic rings. The normalized spacial score (nSPS) is 16.9. The highest BCUT2D eigenvalue weighted by Crippen LogP contribution is 2.17. The van der Waals surface area contributed by atoms with Gasteiger partial charge in [0.1, 0.15) is 11.5 Å². The maximum atomic E-state index is 12.0. The summed E-state index contributed by atoms with van der Waals surface area (Å²) in [6.07, 6.45) is 5.19. The van der Waals surface area contributed by atoms with Gasteiger partial charge in [0.2, 0.25) is 11.8 Å². The number of sulfone groups is 1. The van der Waals surface area contributed by atoms with Gasteiger partial charge in [0.05, 0.1) is 0 Å². The van der Waals surface area contributed by atoms with Gasteiger partial charge in [-0.2, -0.15) is 4.98 Å². The van der Waals surface area contributed by atoms with E-state index in [4.69, 9.17) is 4.52 Å². The Kier molecular flexibility index (Phi) is 5.55. The molecule has 1 amide bonds. The second kappa shape index (κ2) is 7.21. The molecule has 1 aliphatic rings. The smallest absolute Gasteiger partial charge is 0.241 e. The van der Waals surface area contributed by atoms with E-state index in [1.807, 2.05) is 13.8 Å². The molecule has 1 fully saturated rings. The zero-order valence-corrected chi connectivity index (χ0v) is 13.9. The number of hydrogen-bond donors (Lipinski definition) is 1. The molecule has 124 valence electrons. The Hall–Kier alpha value is -1.44. The topological polar surface area (TPSA) is 102 Å². The van der Waals surface area contributed by atoms with Crippen LogP contribution in [0.4, 0.5) is 0 Å². The number of carbonyl (C=O) groups is 1. The minimum absolute atomic E-state index is 0.0363. The lowest BCUT2D eigenvalue weighted by Crippen LogP contribution is -2.39. The monoisotopic (exact) mass is 329 g/mol. The van der Waals surface area contributed by atoms with Gasteiger partial charge in [-0.1, -0.05) is 38.3 Å². The first-order chi connectivity index (χ1) is 10.4. The number of hydrogen-bond acceptors (Lipinski definition) is 6. The molecule has 0 spiro atoms. The maximum Gasteiger partial charge on any atom is 0.241 e. The summed E-state index contributed by atoms with van der Waals surface area (Å²) in [5.41, 5.74) is 0. The molecule has 22 heavy (non-hydrogen) atoms. The van der Waals surface area contributed by atoms with Crippen LogP contribution in [0.25, 0.3) is 0 Å². The van der Waals surface area contributed by atoms with Crippen molar-refractivity contribution in [3.63, 3.8) is 0 Å². The van der Waals surface area contributed by atoms with Gasteiger partial charge in [-0.25, -0.2) is 8.42 Å². The number of nitrogens with one attached hydrogen (secondary N) is 1. The average Bonchev–Trinajstić information content (AvgIpc) is 2.86. The highest BCUT2D eigenvalue weighted by atomic mass is 32.2. The predicted molar refractivity (Wildman–Crippen MR) is 80.9 cm³/mol. The molecular formula is C14H23N3O4S. The van der Waals surface area contributed by atoms with E-state index in [1.165, 1.54) is 6.42 Å². The molecular weight excluding hydrogens is 306 g/mol. The lowest BCUT2D eigenvalue weighted by atomic mass is 9.95. The number of rotatable bonds is 6. The molecule has 1 aromatic heterocycles. The van der Waals surface area contributed by atoms with Gasteiger partial charge in [-0.3, -0.25) is 4.79 Å². The second-order valence-corrected chi connectivity index (χ2v) is 8.20. The van der Waals surface area contributed by atoms with Crippen molar-refractivity contribution in [1.82, 2.24) is 15.5 Å². The first-order valence-electron chi connectivity index (χ1n) is 7.68. The largest absolute Gasteiger partial charge is 0.352 e. The molecule has 1 saturated carbocycles. The zero-order valence-electron chi connectivity index (χ0n) is 13.0. The van der Waals surface area contributed by atoms with Crippen LogP contribution >= 0.6 is 0 Å². The second-order valence-electron chi connectivity index (χ2n) is 6.14. The van der Waals surface area contributed by atoms with E-state index < -0.39 is 27.3 Å². The molecule has 0 bridgehead atoms. The van der Waals surface area contributed by atoms with E-state index in [1.54, 1.807) is 0 Å². The van der Waals surface area contributed by atoms with Crippen LogP contribution < -0.4 is 5.32 Å². The van der Waals surface area contributed by atoms with Crippen molar-refractivity contribution in [3.05, 3.63) is 11.7 Å². The van der Waals surface area contributed by atoms with Crippen molar-refractivity contribution in [2.75, 3.05) is 5.75 Å². The van der Waals surface area contributed by atoms with Crippen LogP contribution in [0.3, 0.4) is 0 Å². The summed E-state index contributed by atoms with van der Waals surface area (Å²) in [5, 5.41) is 6.52. The molecule has 0 radical (unpaired) electrons. The van der Waals surface area contributed by atoms with E-state index in [9.17, 15) is 13.2 Å². The lowest BCUT2D eigenvalue weighted by Gasteiger charge is -2.22. The SMILES string of the molecule is CC(C)c1noc(CS(=O)(=O)CC(=O)NC2CCCCC2)n1. The highest BCUT2D eigenvalue weighted by molar-refractivity contribution is 7.91. The summed E-state index contributed by atoms with van der Waals surface area (Å²) in [7, 11) is -3.61. The van der Waals surface area contributed by atoms with Gasteiger partial charge in [-0.05, 0) is 12.8 Å². The van der Waals surface area contributed by atoms with Gasteiger partial charge >= 0.3 is 0 Å². The fourth-order valence-corrected chi connectivity index (χ4v) is 3.59. The Labute approximate surface area is 130 Å².